The summed E-state index contributed by atoms with van der Waals surface area (Å²) in [6, 6.07) is 10.3. The molecule has 3 heterocycles. The van der Waals surface area contributed by atoms with Crippen molar-refractivity contribution in [2.75, 3.05) is 68.1 Å². The van der Waals surface area contributed by atoms with Gasteiger partial charge in [0.15, 0.2) is 6.30 Å². The zero-order valence-corrected chi connectivity index (χ0v) is 16.8. The first-order valence-electron chi connectivity index (χ1n) is 9.96. The van der Waals surface area contributed by atoms with Crippen LogP contribution in [0, 0.1) is 10.1 Å². The predicted molar refractivity (Wildman–Crippen MR) is 113 cm³/mol. The van der Waals surface area contributed by atoms with Crippen molar-refractivity contribution in [3.8, 4) is 0 Å². The number of hydrogen-bond acceptors (Lipinski definition) is 8. The molecule has 2 aliphatic rings. The zero-order chi connectivity index (χ0) is 21.1. The number of ether oxygens (including phenoxy) is 1. The monoisotopic (exact) mass is 416 g/mol. The van der Waals surface area contributed by atoms with Gasteiger partial charge < -0.3 is 24.8 Å². The Hall–Kier alpha value is -2.98. The molecule has 0 saturated carbocycles. The van der Waals surface area contributed by atoms with Crippen LogP contribution >= 0.6 is 0 Å². The minimum absolute atomic E-state index is 0.0508. The predicted octanol–water partition coefficient (Wildman–Crippen LogP) is 2.62. The van der Waals surface area contributed by atoms with E-state index in [4.69, 9.17) is 4.74 Å². The summed E-state index contributed by atoms with van der Waals surface area (Å²) in [5.41, 5.74) is 1.30. The molecule has 2 aromatic rings. The molecule has 1 N–H and O–H groups in total. The van der Waals surface area contributed by atoms with Gasteiger partial charge in [0, 0.05) is 50.2 Å². The number of pyridine rings is 1. The number of aromatic nitrogens is 1. The molecule has 1 atom stereocenters. The van der Waals surface area contributed by atoms with Crippen LogP contribution in [-0.2, 0) is 4.74 Å². The highest BCUT2D eigenvalue weighted by Gasteiger charge is 2.23. The smallest absolute Gasteiger partial charge is 0.311 e. The van der Waals surface area contributed by atoms with E-state index in [1.807, 2.05) is 0 Å². The number of hydrogen-bond donors (Lipinski definition) is 1. The molecule has 4 rings (SSSR count). The van der Waals surface area contributed by atoms with Crippen LogP contribution in [-0.4, -0.2) is 74.1 Å². The highest BCUT2D eigenvalue weighted by molar-refractivity contribution is 5.69. The van der Waals surface area contributed by atoms with E-state index in [1.54, 1.807) is 35.2 Å². The third-order valence-electron chi connectivity index (χ3n) is 5.42. The number of nitro groups is 1. The first-order valence-corrected chi connectivity index (χ1v) is 9.96. The van der Waals surface area contributed by atoms with Crippen molar-refractivity contribution in [1.29, 1.82) is 0 Å². The Kier molecular flexibility index (Phi) is 5.96. The van der Waals surface area contributed by atoms with E-state index in [-0.39, 0.29) is 18.1 Å². The first kappa shape index (κ1) is 20.3. The lowest BCUT2D eigenvalue weighted by molar-refractivity contribution is -0.384. The third-order valence-corrected chi connectivity index (χ3v) is 5.42. The fourth-order valence-corrected chi connectivity index (χ4v) is 3.63. The number of nitrogens with one attached hydrogen (secondary N) is 1. The van der Waals surface area contributed by atoms with Gasteiger partial charge in [0.05, 0.1) is 18.1 Å². The SMILES string of the molecule is CN1CCN(c2ccc([N+](=O)[O-])c(Nc3ccc(N4CCOCC4F)cc3)n2)CC1. The molecule has 0 radical (unpaired) electrons. The highest BCUT2D eigenvalue weighted by Crippen LogP contribution is 2.30. The molecule has 0 aliphatic carbocycles. The molecule has 0 bridgehead atoms. The van der Waals surface area contributed by atoms with Crippen molar-refractivity contribution < 1.29 is 14.1 Å². The Bertz CT molecular complexity index is 889. The lowest BCUT2D eigenvalue weighted by Gasteiger charge is -2.33. The quantitative estimate of drug-likeness (QED) is 0.452. The van der Waals surface area contributed by atoms with Crippen LogP contribution < -0.4 is 15.1 Å². The van der Waals surface area contributed by atoms with Crippen LogP contribution in [0.1, 0.15) is 0 Å². The van der Waals surface area contributed by atoms with Gasteiger partial charge in [-0.1, -0.05) is 0 Å². The van der Waals surface area contributed by atoms with E-state index < -0.39 is 11.2 Å². The molecule has 9 nitrogen and oxygen atoms in total. The van der Waals surface area contributed by atoms with E-state index in [2.05, 4.69) is 27.1 Å². The molecule has 30 heavy (non-hydrogen) atoms. The van der Waals surface area contributed by atoms with Crippen molar-refractivity contribution in [2.24, 2.45) is 0 Å². The van der Waals surface area contributed by atoms with E-state index in [9.17, 15) is 14.5 Å². The number of anilines is 4. The second kappa shape index (κ2) is 8.80. The van der Waals surface area contributed by atoms with Gasteiger partial charge in [0.2, 0.25) is 5.82 Å². The summed E-state index contributed by atoms with van der Waals surface area (Å²) in [6.45, 7) is 4.48. The van der Waals surface area contributed by atoms with Crippen molar-refractivity contribution >= 4 is 28.7 Å². The summed E-state index contributed by atoms with van der Waals surface area (Å²) in [6.07, 6.45) is -1.18. The summed E-state index contributed by atoms with van der Waals surface area (Å²) in [7, 11) is 2.07. The Labute approximate surface area is 174 Å². The number of halogens is 1. The highest BCUT2D eigenvalue weighted by atomic mass is 19.1. The van der Waals surface area contributed by atoms with Crippen LogP contribution in [0.25, 0.3) is 0 Å². The lowest BCUT2D eigenvalue weighted by Crippen LogP contribution is -2.44. The largest absolute Gasteiger partial charge is 0.375 e. The number of morpholine rings is 1. The van der Waals surface area contributed by atoms with Gasteiger partial charge in [-0.3, -0.25) is 10.1 Å². The van der Waals surface area contributed by atoms with E-state index in [0.29, 0.717) is 24.7 Å². The second-order valence-electron chi connectivity index (χ2n) is 7.46. The van der Waals surface area contributed by atoms with Gasteiger partial charge in [-0.15, -0.1) is 0 Å². The zero-order valence-electron chi connectivity index (χ0n) is 16.8. The fraction of sp³-hybridized carbons (Fsp3) is 0.450. The summed E-state index contributed by atoms with van der Waals surface area (Å²) >= 11 is 0. The molecule has 0 spiro atoms. The molecule has 2 fully saturated rings. The summed E-state index contributed by atoms with van der Waals surface area (Å²) in [4.78, 5) is 21.6. The van der Waals surface area contributed by atoms with Gasteiger partial charge in [-0.25, -0.2) is 9.37 Å². The Morgan fingerprint density at radius 2 is 1.87 bits per heavy atom. The van der Waals surface area contributed by atoms with E-state index in [1.165, 1.54) is 6.07 Å². The standard InChI is InChI=1S/C20H25FN6O3/c1-24-8-10-25(11-9-24)19-7-6-17(27(28)29)20(23-19)22-15-2-4-16(5-3-15)26-12-13-30-14-18(26)21/h2-7,18H,8-14H2,1H3,(H,22,23). The fourth-order valence-electron chi connectivity index (χ4n) is 3.63. The maximum atomic E-state index is 14.1. The number of benzene rings is 1. The van der Waals surface area contributed by atoms with E-state index >= 15 is 0 Å². The van der Waals surface area contributed by atoms with Crippen LogP contribution in [0.15, 0.2) is 36.4 Å². The molecular weight excluding hydrogens is 391 g/mol. The van der Waals surface area contributed by atoms with Crippen LogP contribution in [0.4, 0.5) is 33.1 Å². The number of alkyl halides is 1. The Morgan fingerprint density at radius 1 is 1.13 bits per heavy atom. The van der Waals surface area contributed by atoms with Crippen molar-refractivity contribution in [2.45, 2.75) is 6.30 Å². The van der Waals surface area contributed by atoms with Crippen molar-refractivity contribution in [3.63, 3.8) is 0 Å². The first-order chi connectivity index (χ1) is 14.5. The molecule has 0 amide bonds. The van der Waals surface area contributed by atoms with Gasteiger partial charge >= 0.3 is 5.69 Å². The normalized spacial score (nSPS) is 20.3. The third kappa shape index (κ3) is 4.44. The average molecular weight is 416 g/mol. The Morgan fingerprint density at radius 3 is 2.53 bits per heavy atom. The number of piperazine rings is 1. The van der Waals surface area contributed by atoms with Crippen LogP contribution in [0.5, 0.6) is 0 Å². The topological polar surface area (TPSA) is 87.0 Å². The molecule has 2 aliphatic heterocycles. The molecule has 1 unspecified atom stereocenters. The minimum atomic E-state index is -1.18. The molecule has 1 aromatic carbocycles. The molecular formula is C20H25FN6O3. The molecule has 2 saturated heterocycles. The van der Waals surface area contributed by atoms with Crippen LogP contribution in [0.3, 0.4) is 0 Å². The number of likely N-dealkylation sites (N-methyl/N-ethyl adjacent to an activating group) is 1. The summed E-state index contributed by atoms with van der Waals surface area (Å²) < 4.78 is 19.2. The number of nitrogens with zero attached hydrogens (tertiary/aromatic N) is 5. The summed E-state index contributed by atoms with van der Waals surface area (Å²) in [5.74, 6) is 0.903. The van der Waals surface area contributed by atoms with Crippen molar-refractivity contribution in [3.05, 3.63) is 46.5 Å². The average Bonchev–Trinajstić information content (AvgIpc) is 2.75. The van der Waals surface area contributed by atoms with E-state index in [0.717, 1.165) is 31.9 Å². The van der Waals surface area contributed by atoms with Crippen LogP contribution in [0.2, 0.25) is 0 Å². The van der Waals surface area contributed by atoms with Gasteiger partial charge in [0.1, 0.15) is 5.82 Å². The van der Waals surface area contributed by atoms with Gasteiger partial charge in [-0.05, 0) is 37.4 Å². The molecule has 160 valence electrons. The van der Waals surface area contributed by atoms with Crippen molar-refractivity contribution in [1.82, 2.24) is 9.88 Å². The molecule has 1 aromatic heterocycles. The lowest BCUT2D eigenvalue weighted by atomic mass is 10.2. The molecule has 10 heteroatoms. The second-order valence-corrected chi connectivity index (χ2v) is 7.46. The minimum Gasteiger partial charge on any atom is -0.375 e. The Balaban J connectivity index is 1.53. The maximum Gasteiger partial charge on any atom is 0.311 e. The maximum absolute atomic E-state index is 14.1. The van der Waals surface area contributed by atoms with Gasteiger partial charge in [0.25, 0.3) is 0 Å². The van der Waals surface area contributed by atoms with Gasteiger partial charge in [-0.2, -0.15) is 0 Å². The summed E-state index contributed by atoms with van der Waals surface area (Å²) in [5, 5.41) is 14.5. The number of rotatable bonds is 5.